The predicted molar refractivity (Wildman–Crippen MR) is 90.0 cm³/mol. The summed E-state index contributed by atoms with van der Waals surface area (Å²) in [5.41, 5.74) is 15.0. The Labute approximate surface area is 140 Å². The molecule has 3 rings (SSSR count). The van der Waals surface area contributed by atoms with Crippen LogP contribution < -0.4 is 11.5 Å². The van der Waals surface area contributed by atoms with E-state index in [1.54, 1.807) is 11.6 Å². The summed E-state index contributed by atoms with van der Waals surface area (Å²) in [5, 5.41) is 4.60. The number of anilines is 1. The molecule has 1 fully saturated rings. The SMILES string of the molecule is CCOC(=O)c1c(N)c(C2CCOC2)nn1-c1ccc(CN)cc1. The van der Waals surface area contributed by atoms with Crippen molar-refractivity contribution in [2.75, 3.05) is 25.6 Å². The molecular weight excluding hydrogens is 308 g/mol. The average molecular weight is 330 g/mol. The number of nitrogens with two attached hydrogens (primary N) is 2. The number of ether oxygens (including phenoxy) is 2. The van der Waals surface area contributed by atoms with Crippen LogP contribution >= 0.6 is 0 Å². The molecule has 1 atom stereocenters. The van der Waals surface area contributed by atoms with Gasteiger partial charge in [0.2, 0.25) is 0 Å². The van der Waals surface area contributed by atoms with Crippen LogP contribution in [0.4, 0.5) is 5.69 Å². The topological polar surface area (TPSA) is 105 Å². The molecule has 7 heteroatoms. The van der Waals surface area contributed by atoms with E-state index in [1.807, 2.05) is 24.3 Å². The van der Waals surface area contributed by atoms with Crippen LogP contribution in [0.25, 0.3) is 5.69 Å². The first-order valence-corrected chi connectivity index (χ1v) is 8.08. The Kier molecular flexibility index (Phi) is 4.82. The maximum atomic E-state index is 12.4. The van der Waals surface area contributed by atoms with E-state index >= 15 is 0 Å². The highest BCUT2D eigenvalue weighted by Crippen LogP contribution is 2.32. The maximum Gasteiger partial charge on any atom is 0.359 e. The molecule has 24 heavy (non-hydrogen) atoms. The molecule has 0 bridgehead atoms. The zero-order valence-corrected chi connectivity index (χ0v) is 13.7. The van der Waals surface area contributed by atoms with Crippen LogP contribution in [-0.4, -0.2) is 35.6 Å². The fourth-order valence-electron chi connectivity index (χ4n) is 2.85. The van der Waals surface area contributed by atoms with Gasteiger partial charge in [0.25, 0.3) is 0 Å². The second kappa shape index (κ2) is 7.02. The molecule has 1 aromatic heterocycles. The van der Waals surface area contributed by atoms with Crippen molar-refractivity contribution in [1.82, 2.24) is 9.78 Å². The van der Waals surface area contributed by atoms with Gasteiger partial charge in [-0.05, 0) is 31.0 Å². The van der Waals surface area contributed by atoms with E-state index in [0.29, 0.717) is 31.1 Å². The van der Waals surface area contributed by atoms with Gasteiger partial charge in [0.15, 0.2) is 5.69 Å². The molecule has 1 aliphatic rings. The van der Waals surface area contributed by atoms with Crippen LogP contribution in [0, 0.1) is 0 Å². The van der Waals surface area contributed by atoms with Crippen molar-refractivity contribution >= 4 is 11.7 Å². The summed E-state index contributed by atoms with van der Waals surface area (Å²) in [6.07, 6.45) is 0.843. The van der Waals surface area contributed by atoms with Crippen LogP contribution in [0.5, 0.6) is 0 Å². The van der Waals surface area contributed by atoms with Crippen molar-refractivity contribution in [3.05, 3.63) is 41.2 Å². The molecule has 1 saturated heterocycles. The molecule has 1 aromatic carbocycles. The van der Waals surface area contributed by atoms with Crippen molar-refractivity contribution in [1.29, 1.82) is 0 Å². The van der Waals surface area contributed by atoms with Gasteiger partial charge < -0.3 is 20.9 Å². The molecule has 7 nitrogen and oxygen atoms in total. The summed E-state index contributed by atoms with van der Waals surface area (Å²) in [7, 11) is 0. The largest absolute Gasteiger partial charge is 0.461 e. The number of rotatable bonds is 5. The van der Waals surface area contributed by atoms with Gasteiger partial charge in [-0.3, -0.25) is 0 Å². The van der Waals surface area contributed by atoms with Gasteiger partial charge in [-0.15, -0.1) is 0 Å². The van der Waals surface area contributed by atoms with E-state index in [4.69, 9.17) is 20.9 Å². The Balaban J connectivity index is 2.07. The minimum absolute atomic E-state index is 0.0998. The lowest BCUT2D eigenvalue weighted by atomic mass is 10.0. The molecule has 0 amide bonds. The monoisotopic (exact) mass is 330 g/mol. The Morgan fingerprint density at radius 3 is 2.75 bits per heavy atom. The lowest BCUT2D eigenvalue weighted by Gasteiger charge is -2.08. The maximum absolute atomic E-state index is 12.4. The van der Waals surface area contributed by atoms with Gasteiger partial charge in [-0.2, -0.15) is 5.10 Å². The van der Waals surface area contributed by atoms with Crippen molar-refractivity contribution in [2.45, 2.75) is 25.8 Å². The predicted octanol–water partition coefficient (Wildman–Crippen LogP) is 1.59. The molecule has 2 heterocycles. The third-order valence-electron chi connectivity index (χ3n) is 4.15. The van der Waals surface area contributed by atoms with Crippen molar-refractivity contribution < 1.29 is 14.3 Å². The van der Waals surface area contributed by atoms with Gasteiger partial charge in [0.05, 0.1) is 30.3 Å². The van der Waals surface area contributed by atoms with Crippen molar-refractivity contribution in [3.63, 3.8) is 0 Å². The van der Waals surface area contributed by atoms with Crippen LogP contribution in [0.3, 0.4) is 0 Å². The van der Waals surface area contributed by atoms with Crippen molar-refractivity contribution in [2.24, 2.45) is 5.73 Å². The highest BCUT2D eigenvalue weighted by atomic mass is 16.5. The summed E-state index contributed by atoms with van der Waals surface area (Å²) in [6.45, 7) is 3.73. The molecular formula is C17H22N4O3. The third kappa shape index (κ3) is 3.00. The lowest BCUT2D eigenvalue weighted by molar-refractivity contribution is 0.0517. The second-order valence-corrected chi connectivity index (χ2v) is 5.71. The number of carbonyl (C=O) groups excluding carboxylic acids is 1. The summed E-state index contributed by atoms with van der Waals surface area (Å²) in [4.78, 5) is 12.4. The second-order valence-electron chi connectivity index (χ2n) is 5.71. The number of hydrogen-bond donors (Lipinski definition) is 2. The summed E-state index contributed by atoms with van der Waals surface area (Å²) >= 11 is 0. The summed E-state index contributed by atoms with van der Waals surface area (Å²) < 4.78 is 12.1. The zero-order chi connectivity index (χ0) is 17.1. The Morgan fingerprint density at radius 2 is 2.17 bits per heavy atom. The molecule has 4 N–H and O–H groups in total. The van der Waals surface area contributed by atoms with E-state index in [2.05, 4.69) is 5.10 Å². The molecule has 0 aliphatic carbocycles. The molecule has 1 aliphatic heterocycles. The van der Waals surface area contributed by atoms with E-state index in [9.17, 15) is 4.79 Å². The van der Waals surface area contributed by atoms with E-state index in [0.717, 1.165) is 17.7 Å². The van der Waals surface area contributed by atoms with Gasteiger partial charge in [0.1, 0.15) is 0 Å². The summed E-state index contributed by atoms with van der Waals surface area (Å²) in [5.74, 6) is -0.377. The standard InChI is InChI=1S/C17H22N4O3/c1-2-24-17(22)16-14(19)15(12-7-8-23-10-12)20-21(16)13-5-3-11(9-18)4-6-13/h3-6,12H,2,7-10,18-19H2,1H3. The van der Waals surface area contributed by atoms with E-state index in [-0.39, 0.29) is 18.2 Å². The Morgan fingerprint density at radius 1 is 1.42 bits per heavy atom. The number of nitrogens with zero attached hydrogens (tertiary/aromatic N) is 2. The molecule has 128 valence electrons. The lowest BCUT2D eigenvalue weighted by Crippen LogP contribution is -2.13. The van der Waals surface area contributed by atoms with E-state index in [1.165, 1.54) is 0 Å². The van der Waals surface area contributed by atoms with Gasteiger partial charge in [0, 0.05) is 19.1 Å². The van der Waals surface area contributed by atoms with Crippen LogP contribution in [-0.2, 0) is 16.0 Å². The van der Waals surface area contributed by atoms with Gasteiger partial charge in [-0.25, -0.2) is 9.48 Å². The number of carbonyl (C=O) groups is 1. The molecule has 0 saturated carbocycles. The first-order valence-electron chi connectivity index (χ1n) is 8.08. The van der Waals surface area contributed by atoms with Gasteiger partial charge >= 0.3 is 5.97 Å². The Bertz CT molecular complexity index is 718. The third-order valence-corrected chi connectivity index (χ3v) is 4.15. The first-order chi connectivity index (χ1) is 11.7. The number of nitrogen functional groups attached to an aromatic ring is 1. The molecule has 1 unspecified atom stereocenters. The smallest absolute Gasteiger partial charge is 0.359 e. The molecule has 0 spiro atoms. The molecule has 0 radical (unpaired) electrons. The van der Waals surface area contributed by atoms with E-state index < -0.39 is 5.97 Å². The fraction of sp³-hybridized carbons (Fsp3) is 0.412. The van der Waals surface area contributed by atoms with Crippen LogP contribution in [0.15, 0.2) is 24.3 Å². The molecule has 2 aromatic rings. The Hall–Kier alpha value is -2.38. The normalized spacial score (nSPS) is 17.2. The number of benzene rings is 1. The summed E-state index contributed by atoms with van der Waals surface area (Å²) in [6, 6.07) is 7.54. The zero-order valence-electron chi connectivity index (χ0n) is 13.7. The van der Waals surface area contributed by atoms with Crippen molar-refractivity contribution in [3.8, 4) is 5.69 Å². The van der Waals surface area contributed by atoms with Crippen LogP contribution in [0.2, 0.25) is 0 Å². The fourth-order valence-corrected chi connectivity index (χ4v) is 2.85. The quantitative estimate of drug-likeness (QED) is 0.807. The number of aromatic nitrogens is 2. The minimum Gasteiger partial charge on any atom is -0.461 e. The minimum atomic E-state index is -0.476. The van der Waals surface area contributed by atoms with Crippen LogP contribution in [0.1, 0.15) is 41.0 Å². The number of esters is 1. The average Bonchev–Trinajstić information content (AvgIpc) is 3.22. The highest BCUT2D eigenvalue weighted by Gasteiger charge is 2.30. The number of hydrogen-bond acceptors (Lipinski definition) is 6. The highest BCUT2D eigenvalue weighted by molar-refractivity contribution is 5.94. The van der Waals surface area contributed by atoms with Gasteiger partial charge in [-0.1, -0.05) is 12.1 Å². The first kappa shape index (κ1) is 16.5.